The number of ether oxygens (including phenoxy) is 3. The molecule has 0 atom stereocenters. The molecule has 0 saturated heterocycles. The number of nitrogens with two attached hydrogens (primary N) is 1. The Hall–Kier alpha value is -2.40. The van der Waals surface area contributed by atoms with Gasteiger partial charge in [-0.2, -0.15) is 0 Å². The van der Waals surface area contributed by atoms with Gasteiger partial charge < -0.3 is 19.9 Å². The molecular formula is C16H16ClNO4. The molecule has 0 heterocycles. The highest BCUT2D eigenvalue weighted by Crippen LogP contribution is 2.29. The van der Waals surface area contributed by atoms with Gasteiger partial charge in [0.05, 0.1) is 24.9 Å². The van der Waals surface area contributed by atoms with Crippen molar-refractivity contribution in [3.63, 3.8) is 0 Å². The van der Waals surface area contributed by atoms with Gasteiger partial charge >= 0.3 is 5.97 Å². The lowest BCUT2D eigenvalue weighted by Crippen LogP contribution is -2.08. The summed E-state index contributed by atoms with van der Waals surface area (Å²) in [6.07, 6.45) is 0. The van der Waals surface area contributed by atoms with E-state index < -0.39 is 5.97 Å². The van der Waals surface area contributed by atoms with Crippen LogP contribution in [0.4, 0.5) is 5.69 Å². The number of anilines is 1. The van der Waals surface area contributed by atoms with E-state index in [1.807, 2.05) is 18.2 Å². The van der Waals surface area contributed by atoms with E-state index in [4.69, 9.17) is 31.5 Å². The van der Waals surface area contributed by atoms with Crippen molar-refractivity contribution in [2.75, 3.05) is 20.0 Å². The topological polar surface area (TPSA) is 70.8 Å². The maximum atomic E-state index is 12.2. The molecule has 0 spiro atoms. The Bertz CT molecular complexity index is 688. The summed E-state index contributed by atoms with van der Waals surface area (Å²) in [6.45, 7) is 0.112. The summed E-state index contributed by atoms with van der Waals surface area (Å²) in [7, 11) is 3.02. The third kappa shape index (κ3) is 3.62. The van der Waals surface area contributed by atoms with Crippen LogP contribution >= 0.6 is 11.6 Å². The van der Waals surface area contributed by atoms with Crippen molar-refractivity contribution >= 4 is 23.3 Å². The maximum Gasteiger partial charge on any atom is 0.342 e. The molecular weight excluding hydrogens is 306 g/mol. The summed E-state index contributed by atoms with van der Waals surface area (Å²) in [6, 6.07) is 10.2. The second kappa shape index (κ2) is 7.04. The molecule has 22 heavy (non-hydrogen) atoms. The molecule has 0 fully saturated rings. The average Bonchev–Trinajstić information content (AvgIpc) is 2.54. The molecule has 0 aliphatic heterocycles. The Morgan fingerprint density at radius 3 is 2.64 bits per heavy atom. The third-order valence-electron chi connectivity index (χ3n) is 3.04. The molecule has 0 bridgehead atoms. The smallest absolute Gasteiger partial charge is 0.342 e. The van der Waals surface area contributed by atoms with Gasteiger partial charge in [0.2, 0.25) is 0 Å². The lowest BCUT2D eigenvalue weighted by Gasteiger charge is -2.11. The number of carbonyl (C=O) groups excluding carboxylic acids is 1. The number of methoxy groups -OCH3 is 2. The Morgan fingerprint density at radius 1 is 1.18 bits per heavy atom. The first-order valence-electron chi connectivity index (χ1n) is 6.48. The first-order valence-corrected chi connectivity index (χ1v) is 6.86. The van der Waals surface area contributed by atoms with Crippen LogP contribution in [0.1, 0.15) is 15.9 Å². The molecule has 0 aliphatic carbocycles. The molecule has 0 saturated carbocycles. The van der Waals surface area contributed by atoms with Crippen molar-refractivity contribution in [2.45, 2.75) is 6.61 Å². The fourth-order valence-corrected chi connectivity index (χ4v) is 2.05. The highest BCUT2D eigenvalue weighted by molar-refractivity contribution is 6.33. The molecule has 5 nitrogen and oxygen atoms in total. The third-order valence-corrected chi connectivity index (χ3v) is 3.37. The highest BCUT2D eigenvalue weighted by atomic mass is 35.5. The summed E-state index contributed by atoms with van der Waals surface area (Å²) in [5, 5.41) is 0.272. The van der Waals surface area contributed by atoms with Crippen LogP contribution in [-0.2, 0) is 11.3 Å². The molecule has 2 aromatic carbocycles. The maximum absolute atomic E-state index is 12.2. The minimum Gasteiger partial charge on any atom is -0.497 e. The first-order chi connectivity index (χ1) is 10.5. The lowest BCUT2D eigenvalue weighted by atomic mass is 10.2. The van der Waals surface area contributed by atoms with Gasteiger partial charge in [-0.1, -0.05) is 23.7 Å². The zero-order valence-electron chi connectivity index (χ0n) is 12.3. The van der Waals surface area contributed by atoms with Crippen LogP contribution < -0.4 is 15.2 Å². The van der Waals surface area contributed by atoms with E-state index in [1.54, 1.807) is 13.2 Å². The van der Waals surface area contributed by atoms with Crippen molar-refractivity contribution in [3.8, 4) is 11.5 Å². The molecule has 0 unspecified atom stereocenters. The summed E-state index contributed by atoms with van der Waals surface area (Å²) >= 11 is 5.94. The highest BCUT2D eigenvalue weighted by Gasteiger charge is 2.16. The summed E-state index contributed by atoms with van der Waals surface area (Å²) in [5.41, 5.74) is 7.06. The lowest BCUT2D eigenvalue weighted by molar-refractivity contribution is 0.0469. The van der Waals surface area contributed by atoms with Crippen molar-refractivity contribution in [1.29, 1.82) is 0 Å². The standard InChI is InChI=1S/C16H16ClNO4/c1-20-11-5-3-4-10(6-11)9-22-16(19)12-7-13(17)14(18)8-15(12)21-2/h3-8H,9,18H2,1-2H3. The van der Waals surface area contributed by atoms with E-state index in [9.17, 15) is 4.79 Å². The van der Waals surface area contributed by atoms with E-state index in [2.05, 4.69) is 0 Å². The van der Waals surface area contributed by atoms with Gasteiger partial charge in [0, 0.05) is 6.07 Å². The summed E-state index contributed by atoms with van der Waals surface area (Å²) < 4.78 is 15.5. The van der Waals surface area contributed by atoms with Gasteiger partial charge in [0.1, 0.15) is 23.7 Å². The number of rotatable bonds is 5. The molecule has 0 amide bonds. The normalized spacial score (nSPS) is 10.1. The zero-order valence-corrected chi connectivity index (χ0v) is 13.0. The van der Waals surface area contributed by atoms with Gasteiger partial charge in [-0.15, -0.1) is 0 Å². The van der Waals surface area contributed by atoms with Crippen LogP contribution in [0.3, 0.4) is 0 Å². The molecule has 2 N–H and O–H groups in total. The van der Waals surface area contributed by atoms with Gasteiger partial charge in [0.25, 0.3) is 0 Å². The minimum atomic E-state index is -0.540. The van der Waals surface area contributed by atoms with Gasteiger partial charge in [-0.3, -0.25) is 0 Å². The monoisotopic (exact) mass is 321 g/mol. The largest absolute Gasteiger partial charge is 0.497 e. The van der Waals surface area contributed by atoms with E-state index in [0.717, 1.165) is 5.56 Å². The molecule has 2 aromatic rings. The van der Waals surface area contributed by atoms with Crippen LogP contribution in [-0.4, -0.2) is 20.2 Å². The molecule has 0 aromatic heterocycles. The predicted octanol–water partition coefficient (Wildman–Crippen LogP) is 3.30. The SMILES string of the molecule is COc1cccc(COC(=O)c2cc(Cl)c(N)cc2OC)c1. The summed E-state index contributed by atoms with van der Waals surface area (Å²) in [5.74, 6) is 0.473. The van der Waals surface area contributed by atoms with Gasteiger partial charge in [-0.05, 0) is 23.8 Å². The second-order valence-electron chi connectivity index (χ2n) is 4.50. The number of esters is 1. The first kappa shape index (κ1) is 16.0. The average molecular weight is 322 g/mol. The van der Waals surface area contributed by atoms with E-state index >= 15 is 0 Å². The zero-order chi connectivity index (χ0) is 16.1. The quantitative estimate of drug-likeness (QED) is 0.676. The predicted molar refractivity (Wildman–Crippen MR) is 84.5 cm³/mol. The fraction of sp³-hybridized carbons (Fsp3) is 0.188. The Balaban J connectivity index is 2.13. The van der Waals surface area contributed by atoms with Crippen molar-refractivity contribution in [2.24, 2.45) is 0 Å². The van der Waals surface area contributed by atoms with Crippen LogP contribution in [0, 0.1) is 0 Å². The number of hydrogen-bond acceptors (Lipinski definition) is 5. The van der Waals surface area contributed by atoms with Crippen molar-refractivity contribution in [3.05, 3.63) is 52.5 Å². The van der Waals surface area contributed by atoms with Crippen LogP contribution in [0.5, 0.6) is 11.5 Å². The molecule has 2 rings (SSSR count). The second-order valence-corrected chi connectivity index (χ2v) is 4.91. The van der Waals surface area contributed by atoms with E-state index in [-0.39, 0.29) is 17.2 Å². The van der Waals surface area contributed by atoms with E-state index in [0.29, 0.717) is 17.2 Å². The number of halogens is 1. The summed E-state index contributed by atoms with van der Waals surface area (Å²) in [4.78, 5) is 12.2. The Kier molecular flexibility index (Phi) is 5.12. The number of carbonyl (C=O) groups is 1. The Labute approximate surface area is 133 Å². The van der Waals surface area contributed by atoms with Crippen LogP contribution in [0.25, 0.3) is 0 Å². The minimum absolute atomic E-state index is 0.112. The number of benzene rings is 2. The number of nitrogen functional groups attached to an aromatic ring is 1. The molecule has 0 aliphatic rings. The number of hydrogen-bond donors (Lipinski definition) is 1. The van der Waals surface area contributed by atoms with E-state index in [1.165, 1.54) is 19.2 Å². The van der Waals surface area contributed by atoms with Crippen LogP contribution in [0.2, 0.25) is 5.02 Å². The van der Waals surface area contributed by atoms with Crippen LogP contribution in [0.15, 0.2) is 36.4 Å². The van der Waals surface area contributed by atoms with Crippen molar-refractivity contribution < 1.29 is 19.0 Å². The molecule has 116 valence electrons. The Morgan fingerprint density at radius 2 is 1.95 bits per heavy atom. The van der Waals surface area contributed by atoms with Gasteiger partial charge in [-0.25, -0.2) is 4.79 Å². The fourth-order valence-electron chi connectivity index (χ4n) is 1.89. The molecule has 6 heteroatoms. The van der Waals surface area contributed by atoms with Gasteiger partial charge in [0.15, 0.2) is 0 Å². The van der Waals surface area contributed by atoms with Crippen molar-refractivity contribution in [1.82, 2.24) is 0 Å². The molecule has 0 radical (unpaired) electrons.